The summed E-state index contributed by atoms with van der Waals surface area (Å²) in [5, 5.41) is 10.8. The second-order valence-electron chi connectivity index (χ2n) is 5.17. The number of amides is 1. The fourth-order valence-corrected chi connectivity index (χ4v) is 3.35. The predicted molar refractivity (Wildman–Crippen MR) is 72.2 cm³/mol. The molecule has 0 saturated heterocycles. The molecule has 2 aromatic rings. The molecule has 0 radical (unpaired) electrons. The smallest absolute Gasteiger partial charge is 0.340 e. The Labute approximate surface area is 114 Å². The Morgan fingerprint density at radius 3 is 2.95 bits per heavy atom. The van der Waals surface area contributed by atoms with Crippen molar-refractivity contribution < 1.29 is 14.7 Å². The zero-order valence-electron chi connectivity index (χ0n) is 10.6. The number of carbonyl (C=O) groups excluding carboxylic acids is 1. The lowest BCUT2D eigenvalue weighted by molar-refractivity contribution is -0.154. The van der Waals surface area contributed by atoms with Crippen molar-refractivity contribution in [1.82, 2.24) is 9.88 Å². The highest BCUT2D eigenvalue weighted by Gasteiger charge is 2.53. The van der Waals surface area contributed by atoms with Crippen LogP contribution >= 0.6 is 0 Å². The van der Waals surface area contributed by atoms with E-state index in [2.05, 4.69) is 4.98 Å². The Bertz CT molecular complexity index is 790. The van der Waals surface area contributed by atoms with Gasteiger partial charge in [0.15, 0.2) is 0 Å². The van der Waals surface area contributed by atoms with E-state index < -0.39 is 11.5 Å². The number of fused-ring (bicyclic) bond motifs is 5. The number of rotatable bonds is 1. The van der Waals surface area contributed by atoms with Crippen LogP contribution in [0, 0.1) is 0 Å². The number of H-pyrrole nitrogens is 1. The van der Waals surface area contributed by atoms with Gasteiger partial charge in [-0.1, -0.05) is 18.2 Å². The van der Waals surface area contributed by atoms with E-state index in [1.54, 1.807) is 0 Å². The van der Waals surface area contributed by atoms with E-state index in [1.807, 2.05) is 24.3 Å². The molecule has 2 aliphatic heterocycles. The van der Waals surface area contributed by atoms with Crippen LogP contribution in [0.1, 0.15) is 11.3 Å². The highest BCUT2D eigenvalue weighted by molar-refractivity contribution is 6.02. The molecule has 0 fully saturated rings. The average Bonchev–Trinajstić information content (AvgIpc) is 2.98. The van der Waals surface area contributed by atoms with E-state index in [1.165, 1.54) is 17.1 Å². The third kappa shape index (κ3) is 1.13. The monoisotopic (exact) mass is 268 g/mol. The molecule has 100 valence electrons. The molecule has 1 atom stereocenters. The average molecular weight is 268 g/mol. The van der Waals surface area contributed by atoms with E-state index in [0.29, 0.717) is 18.7 Å². The van der Waals surface area contributed by atoms with Crippen LogP contribution in [0.3, 0.4) is 0 Å². The lowest BCUT2D eigenvalue weighted by Crippen LogP contribution is -2.53. The van der Waals surface area contributed by atoms with Crippen molar-refractivity contribution in [3.05, 3.63) is 47.7 Å². The summed E-state index contributed by atoms with van der Waals surface area (Å²) in [6.45, 7) is 0.424. The van der Waals surface area contributed by atoms with Crippen LogP contribution in [-0.4, -0.2) is 33.4 Å². The molecular formula is C15H12N2O3. The molecule has 3 heterocycles. The number of nitrogens with zero attached hydrogens (tertiary/aromatic N) is 1. The standard InChI is InChI=1S/C15H12N2O3/c18-12-5-7-15(14(19)20)13-10(6-8-17(12)15)9-3-1-2-4-11(9)16-13/h1-5,7,16H,6,8H2,(H,19,20)/t15-/m0/s1. The summed E-state index contributed by atoms with van der Waals surface area (Å²) in [7, 11) is 0. The topological polar surface area (TPSA) is 73.4 Å². The van der Waals surface area contributed by atoms with Gasteiger partial charge in [0.25, 0.3) is 0 Å². The molecule has 1 aromatic carbocycles. The Kier molecular flexibility index (Phi) is 1.98. The molecule has 0 aliphatic carbocycles. The Morgan fingerprint density at radius 1 is 1.35 bits per heavy atom. The molecule has 2 N–H and O–H groups in total. The van der Waals surface area contributed by atoms with Crippen molar-refractivity contribution in [3.63, 3.8) is 0 Å². The maximum atomic E-state index is 11.9. The molecular weight excluding hydrogens is 256 g/mol. The summed E-state index contributed by atoms with van der Waals surface area (Å²) in [6.07, 6.45) is 3.52. The molecule has 4 rings (SSSR count). The number of benzene rings is 1. The number of para-hydroxylation sites is 1. The van der Waals surface area contributed by atoms with Crippen molar-refractivity contribution in [3.8, 4) is 0 Å². The van der Waals surface area contributed by atoms with Gasteiger partial charge in [-0.2, -0.15) is 0 Å². The third-order valence-electron chi connectivity index (χ3n) is 4.27. The molecule has 1 amide bonds. The van der Waals surface area contributed by atoms with E-state index in [0.717, 1.165) is 16.5 Å². The highest BCUT2D eigenvalue weighted by Crippen LogP contribution is 2.42. The normalized spacial score (nSPS) is 24.0. The summed E-state index contributed by atoms with van der Waals surface area (Å²) >= 11 is 0. The molecule has 5 nitrogen and oxygen atoms in total. The zero-order valence-corrected chi connectivity index (χ0v) is 10.6. The van der Waals surface area contributed by atoms with Gasteiger partial charge in [0.1, 0.15) is 0 Å². The minimum Gasteiger partial charge on any atom is -0.479 e. The minimum atomic E-state index is -1.37. The number of aliphatic carboxylic acids is 1. The third-order valence-corrected chi connectivity index (χ3v) is 4.27. The van der Waals surface area contributed by atoms with Gasteiger partial charge in [0, 0.05) is 23.5 Å². The fraction of sp³-hybridized carbons (Fsp3) is 0.200. The Morgan fingerprint density at radius 2 is 2.15 bits per heavy atom. The van der Waals surface area contributed by atoms with E-state index in [9.17, 15) is 14.7 Å². The van der Waals surface area contributed by atoms with Gasteiger partial charge in [-0.3, -0.25) is 4.79 Å². The second kappa shape index (κ2) is 3.50. The van der Waals surface area contributed by atoms with Crippen LogP contribution in [0.4, 0.5) is 0 Å². The summed E-state index contributed by atoms with van der Waals surface area (Å²) in [5.41, 5.74) is 1.15. The zero-order chi connectivity index (χ0) is 13.9. The van der Waals surface area contributed by atoms with Gasteiger partial charge < -0.3 is 15.0 Å². The van der Waals surface area contributed by atoms with Crippen LogP contribution in [0.5, 0.6) is 0 Å². The number of hydrogen-bond donors (Lipinski definition) is 2. The number of carbonyl (C=O) groups is 2. The lowest BCUT2D eigenvalue weighted by atomic mass is 9.86. The summed E-state index contributed by atoms with van der Waals surface area (Å²) in [4.78, 5) is 28.4. The van der Waals surface area contributed by atoms with Crippen molar-refractivity contribution >= 4 is 22.8 Å². The molecule has 0 saturated carbocycles. The highest BCUT2D eigenvalue weighted by atomic mass is 16.4. The van der Waals surface area contributed by atoms with Crippen molar-refractivity contribution in [2.45, 2.75) is 12.0 Å². The number of carboxylic acids is 1. The first-order valence-corrected chi connectivity index (χ1v) is 6.49. The van der Waals surface area contributed by atoms with Gasteiger partial charge in [0.2, 0.25) is 11.4 Å². The van der Waals surface area contributed by atoms with Gasteiger partial charge in [0.05, 0.1) is 5.69 Å². The fourth-order valence-electron chi connectivity index (χ4n) is 3.35. The Hall–Kier alpha value is -2.56. The molecule has 0 bridgehead atoms. The molecule has 2 aliphatic rings. The maximum Gasteiger partial charge on any atom is 0.340 e. The first-order chi connectivity index (χ1) is 9.64. The number of carboxylic acid groups (broad SMARTS) is 1. The molecule has 0 spiro atoms. The van der Waals surface area contributed by atoms with Crippen molar-refractivity contribution in [1.29, 1.82) is 0 Å². The van der Waals surface area contributed by atoms with Crippen LogP contribution in [0.15, 0.2) is 36.4 Å². The second-order valence-corrected chi connectivity index (χ2v) is 5.17. The first-order valence-electron chi connectivity index (χ1n) is 6.49. The summed E-state index contributed by atoms with van der Waals surface area (Å²) in [6, 6.07) is 7.75. The predicted octanol–water partition coefficient (Wildman–Crippen LogP) is 1.40. The first kappa shape index (κ1) is 11.3. The SMILES string of the molecule is O=C1C=C[C@@]2(C(=O)O)c3[nH]c4ccccc4c3CCN12. The lowest BCUT2D eigenvalue weighted by Gasteiger charge is -2.38. The summed E-state index contributed by atoms with van der Waals surface area (Å²) in [5.74, 6) is -1.26. The number of aromatic nitrogens is 1. The molecule has 1 aromatic heterocycles. The summed E-state index contributed by atoms with van der Waals surface area (Å²) < 4.78 is 0. The van der Waals surface area contributed by atoms with Crippen molar-refractivity contribution in [2.75, 3.05) is 6.54 Å². The minimum absolute atomic E-state index is 0.239. The molecule has 0 unspecified atom stereocenters. The van der Waals surface area contributed by atoms with Crippen LogP contribution in [0.25, 0.3) is 10.9 Å². The number of nitrogens with one attached hydrogen (secondary N) is 1. The van der Waals surface area contributed by atoms with Crippen LogP contribution < -0.4 is 0 Å². The quantitative estimate of drug-likeness (QED) is 0.821. The van der Waals surface area contributed by atoms with Gasteiger partial charge in [-0.25, -0.2) is 4.79 Å². The van der Waals surface area contributed by atoms with E-state index in [-0.39, 0.29) is 5.91 Å². The molecule has 5 heteroatoms. The van der Waals surface area contributed by atoms with Gasteiger partial charge in [-0.05, 0) is 24.1 Å². The van der Waals surface area contributed by atoms with Crippen molar-refractivity contribution in [2.24, 2.45) is 0 Å². The maximum absolute atomic E-state index is 11.9. The van der Waals surface area contributed by atoms with Crippen LogP contribution in [-0.2, 0) is 21.5 Å². The Balaban J connectivity index is 2.07. The van der Waals surface area contributed by atoms with E-state index >= 15 is 0 Å². The van der Waals surface area contributed by atoms with Crippen LogP contribution in [0.2, 0.25) is 0 Å². The number of aromatic amines is 1. The van der Waals surface area contributed by atoms with Gasteiger partial charge in [-0.15, -0.1) is 0 Å². The number of hydrogen-bond acceptors (Lipinski definition) is 2. The largest absolute Gasteiger partial charge is 0.479 e. The van der Waals surface area contributed by atoms with E-state index in [4.69, 9.17) is 0 Å². The molecule has 20 heavy (non-hydrogen) atoms. The van der Waals surface area contributed by atoms with Gasteiger partial charge >= 0.3 is 5.97 Å².